The molecule has 0 unspecified atom stereocenters. The fraction of sp³-hybridized carbons (Fsp3) is 0.0323. The van der Waals surface area contributed by atoms with Crippen molar-refractivity contribution in [3.63, 3.8) is 0 Å². The van der Waals surface area contributed by atoms with Crippen LogP contribution >= 0.6 is 22.7 Å². The molecule has 7 aromatic rings. The van der Waals surface area contributed by atoms with Crippen molar-refractivity contribution < 1.29 is 17.8 Å². The highest BCUT2D eigenvalue weighted by atomic mass is 32.2. The Morgan fingerprint density at radius 2 is 1.55 bits per heavy atom. The van der Waals surface area contributed by atoms with Crippen LogP contribution in [0.15, 0.2) is 96.2 Å². The minimum atomic E-state index is -4.39. The molecular weight excluding hydrogens is 589 g/mol. The SMILES string of the molecule is Cc1ccc2nc(-c3ccc4nc(-c5ccc(NC(=O)c6ccc7cnccc7c6)cc5)sc4c3)sc2c1S(=O)(=O)O. The molecule has 1 amide bonds. The zero-order chi connectivity index (χ0) is 29.0. The van der Waals surface area contributed by atoms with Gasteiger partial charge in [0.2, 0.25) is 0 Å². The Balaban J connectivity index is 1.14. The number of aryl methyl sites for hydroxylation is 1. The number of pyridine rings is 1. The van der Waals surface area contributed by atoms with Crippen LogP contribution in [0.3, 0.4) is 0 Å². The molecule has 3 heterocycles. The van der Waals surface area contributed by atoms with Crippen molar-refractivity contribution in [1.82, 2.24) is 15.0 Å². The van der Waals surface area contributed by atoms with Crippen LogP contribution in [0.1, 0.15) is 15.9 Å². The summed E-state index contributed by atoms with van der Waals surface area (Å²) in [4.78, 5) is 26.3. The maximum absolute atomic E-state index is 12.8. The predicted molar refractivity (Wildman–Crippen MR) is 168 cm³/mol. The topological polar surface area (TPSA) is 122 Å². The van der Waals surface area contributed by atoms with Gasteiger partial charge in [0.15, 0.2) is 0 Å². The summed E-state index contributed by atoms with van der Waals surface area (Å²) in [5, 5.41) is 6.36. The molecule has 2 N–H and O–H groups in total. The summed E-state index contributed by atoms with van der Waals surface area (Å²) >= 11 is 2.76. The second kappa shape index (κ2) is 10.1. The van der Waals surface area contributed by atoms with Crippen molar-refractivity contribution in [2.45, 2.75) is 11.8 Å². The Morgan fingerprint density at radius 1 is 0.810 bits per heavy atom. The van der Waals surface area contributed by atoms with Crippen molar-refractivity contribution in [2.75, 3.05) is 5.32 Å². The minimum absolute atomic E-state index is 0.0978. The van der Waals surface area contributed by atoms with Gasteiger partial charge in [0.25, 0.3) is 16.0 Å². The summed E-state index contributed by atoms with van der Waals surface area (Å²) in [7, 11) is -4.39. The summed E-state index contributed by atoms with van der Waals surface area (Å²) < 4.78 is 35.2. The number of hydrogen-bond acceptors (Lipinski definition) is 8. The van der Waals surface area contributed by atoms with Crippen LogP contribution in [0.25, 0.3) is 52.3 Å². The number of rotatable bonds is 5. The zero-order valence-corrected chi connectivity index (χ0v) is 24.3. The van der Waals surface area contributed by atoms with Crippen LogP contribution in [0.5, 0.6) is 0 Å². The van der Waals surface area contributed by atoms with Gasteiger partial charge in [-0.25, -0.2) is 9.97 Å². The first kappa shape index (κ1) is 26.4. The van der Waals surface area contributed by atoms with Gasteiger partial charge in [-0.15, -0.1) is 22.7 Å². The van der Waals surface area contributed by atoms with Gasteiger partial charge < -0.3 is 5.32 Å². The van der Waals surface area contributed by atoms with Crippen LogP contribution < -0.4 is 5.32 Å². The van der Waals surface area contributed by atoms with Crippen molar-refractivity contribution in [1.29, 1.82) is 0 Å². The van der Waals surface area contributed by atoms with E-state index in [4.69, 9.17) is 4.98 Å². The van der Waals surface area contributed by atoms with E-state index in [0.29, 0.717) is 32.0 Å². The highest BCUT2D eigenvalue weighted by Crippen LogP contribution is 2.38. The molecule has 0 spiro atoms. The molecule has 7 rings (SSSR count). The van der Waals surface area contributed by atoms with Crippen molar-refractivity contribution in [3.05, 3.63) is 102 Å². The van der Waals surface area contributed by atoms with E-state index in [-0.39, 0.29) is 10.8 Å². The molecule has 0 saturated carbocycles. The number of fused-ring (bicyclic) bond motifs is 3. The summed E-state index contributed by atoms with van der Waals surface area (Å²) in [5.41, 5.74) is 4.82. The molecule has 0 fully saturated rings. The third-order valence-corrected chi connectivity index (χ3v) is 10.3. The highest BCUT2D eigenvalue weighted by molar-refractivity contribution is 7.86. The molecule has 0 bridgehead atoms. The first-order chi connectivity index (χ1) is 20.2. The Kier molecular flexibility index (Phi) is 6.32. The Labute approximate surface area is 248 Å². The van der Waals surface area contributed by atoms with Gasteiger partial charge in [-0.05, 0) is 84.6 Å². The number of nitrogens with zero attached hydrogens (tertiary/aromatic N) is 3. The molecule has 206 valence electrons. The number of hydrogen-bond donors (Lipinski definition) is 2. The van der Waals surface area contributed by atoms with Gasteiger partial charge >= 0.3 is 0 Å². The average molecular weight is 609 g/mol. The third kappa shape index (κ3) is 4.82. The molecule has 0 atom stereocenters. The van der Waals surface area contributed by atoms with Crippen molar-refractivity contribution >= 4 is 75.6 Å². The average Bonchev–Trinajstić information content (AvgIpc) is 3.60. The lowest BCUT2D eigenvalue weighted by Gasteiger charge is -2.07. The molecule has 0 aliphatic heterocycles. The van der Waals surface area contributed by atoms with Gasteiger partial charge in [-0.3, -0.25) is 14.3 Å². The summed E-state index contributed by atoms with van der Waals surface area (Å²) in [5.74, 6) is -0.192. The number of carbonyl (C=O) groups is 1. The van der Waals surface area contributed by atoms with Gasteiger partial charge in [-0.2, -0.15) is 8.42 Å². The Hall–Kier alpha value is -4.55. The van der Waals surface area contributed by atoms with Crippen molar-refractivity contribution in [2.24, 2.45) is 0 Å². The Morgan fingerprint density at radius 3 is 2.36 bits per heavy atom. The largest absolute Gasteiger partial charge is 0.322 e. The second-order valence-electron chi connectivity index (χ2n) is 9.72. The van der Waals surface area contributed by atoms with E-state index in [0.717, 1.165) is 37.1 Å². The molecule has 0 aliphatic carbocycles. The van der Waals surface area contributed by atoms with Gasteiger partial charge in [-0.1, -0.05) is 12.1 Å². The van der Waals surface area contributed by atoms with Crippen LogP contribution in [0, 0.1) is 6.92 Å². The quantitative estimate of drug-likeness (QED) is 0.193. The minimum Gasteiger partial charge on any atom is -0.322 e. The number of amides is 1. The summed E-state index contributed by atoms with van der Waals surface area (Å²) in [6, 6.07) is 24.2. The lowest BCUT2D eigenvalue weighted by Crippen LogP contribution is -2.11. The molecule has 4 aromatic carbocycles. The molecule has 3 aromatic heterocycles. The molecule has 0 aliphatic rings. The van der Waals surface area contributed by atoms with E-state index in [9.17, 15) is 17.8 Å². The lowest BCUT2D eigenvalue weighted by molar-refractivity contribution is 0.102. The smallest absolute Gasteiger partial charge is 0.296 e. The highest BCUT2D eigenvalue weighted by Gasteiger charge is 2.21. The van der Waals surface area contributed by atoms with E-state index in [1.54, 1.807) is 37.5 Å². The van der Waals surface area contributed by atoms with E-state index in [2.05, 4.69) is 15.3 Å². The van der Waals surface area contributed by atoms with E-state index < -0.39 is 10.1 Å². The van der Waals surface area contributed by atoms with Crippen LogP contribution in [0.2, 0.25) is 0 Å². The zero-order valence-electron chi connectivity index (χ0n) is 21.9. The third-order valence-electron chi connectivity index (χ3n) is 6.89. The van der Waals surface area contributed by atoms with Crippen LogP contribution in [-0.2, 0) is 10.1 Å². The molecule has 8 nitrogen and oxygen atoms in total. The molecular formula is C31H20N4O4S3. The van der Waals surface area contributed by atoms with Crippen molar-refractivity contribution in [3.8, 4) is 21.1 Å². The van der Waals surface area contributed by atoms with E-state index >= 15 is 0 Å². The standard InChI is InChI=1S/C31H20N4O4S3/c1-17-2-10-25-27(28(17)42(37,38)39)41-31(35-25)21-7-11-24-26(15-21)40-30(34-24)18-5-8-23(9-6-18)33-29(36)20-3-4-22-16-32-13-12-19(22)14-20/h2-16H,1H3,(H,33,36)(H,37,38,39). The number of carbonyl (C=O) groups excluding carboxylic acids is 1. The number of aromatic nitrogens is 3. The first-order valence-electron chi connectivity index (χ1n) is 12.8. The maximum Gasteiger partial charge on any atom is 0.296 e. The molecule has 42 heavy (non-hydrogen) atoms. The fourth-order valence-electron chi connectivity index (χ4n) is 4.82. The van der Waals surface area contributed by atoms with Crippen LogP contribution in [0.4, 0.5) is 5.69 Å². The number of anilines is 1. The second-order valence-corrected chi connectivity index (χ2v) is 13.1. The Bertz CT molecular complexity index is 2290. The predicted octanol–water partition coefficient (Wildman–Crippen LogP) is 7.60. The summed E-state index contributed by atoms with van der Waals surface area (Å²) in [6.45, 7) is 1.65. The van der Waals surface area contributed by atoms with E-state index in [1.165, 1.54) is 22.7 Å². The molecule has 0 saturated heterocycles. The van der Waals surface area contributed by atoms with Gasteiger partial charge in [0.1, 0.15) is 14.9 Å². The van der Waals surface area contributed by atoms with E-state index in [1.807, 2.05) is 60.7 Å². The van der Waals surface area contributed by atoms with Gasteiger partial charge in [0.05, 0.1) is 20.4 Å². The van der Waals surface area contributed by atoms with Crippen LogP contribution in [-0.4, -0.2) is 33.8 Å². The number of thiazole rings is 2. The fourth-order valence-corrected chi connectivity index (χ4v) is 8.13. The first-order valence-corrected chi connectivity index (χ1v) is 15.8. The monoisotopic (exact) mass is 608 g/mol. The lowest BCUT2D eigenvalue weighted by atomic mass is 10.1. The number of benzene rings is 4. The summed E-state index contributed by atoms with van der Waals surface area (Å²) in [6.07, 6.45) is 3.47. The maximum atomic E-state index is 12.8. The molecule has 11 heteroatoms. The van der Waals surface area contributed by atoms with Gasteiger partial charge in [0, 0.05) is 40.2 Å². The molecule has 0 radical (unpaired) electrons. The number of nitrogens with one attached hydrogen (secondary N) is 1. The normalized spacial score (nSPS) is 11.9.